The normalized spacial score (nSPS) is 27.6. The van der Waals surface area contributed by atoms with Gasteiger partial charge in [0.25, 0.3) is 5.19 Å². The largest absolute Gasteiger partial charge is 0.464 e. The van der Waals surface area contributed by atoms with E-state index in [2.05, 4.69) is 9.36 Å². The second-order valence-electron chi connectivity index (χ2n) is 3.71. The minimum Gasteiger partial charge on any atom is -0.464 e. The molecular formula is C9H15N3OS. The molecule has 0 amide bonds. The van der Waals surface area contributed by atoms with Crippen molar-refractivity contribution in [2.24, 2.45) is 5.73 Å². The molecule has 0 saturated heterocycles. The Balaban J connectivity index is 1.95. The van der Waals surface area contributed by atoms with E-state index in [1.807, 2.05) is 6.92 Å². The number of aryl methyl sites for hydroxylation is 1. The molecule has 2 N–H and O–H groups in total. The van der Waals surface area contributed by atoms with Crippen molar-refractivity contribution in [3.8, 4) is 5.19 Å². The summed E-state index contributed by atoms with van der Waals surface area (Å²) < 4.78 is 9.78. The number of ether oxygens (including phenoxy) is 1. The van der Waals surface area contributed by atoms with Crippen molar-refractivity contribution >= 4 is 11.5 Å². The van der Waals surface area contributed by atoms with Crippen molar-refractivity contribution < 1.29 is 4.74 Å². The van der Waals surface area contributed by atoms with E-state index in [-0.39, 0.29) is 12.1 Å². The minimum absolute atomic E-state index is 0.135. The second-order valence-corrected chi connectivity index (χ2v) is 4.43. The summed E-state index contributed by atoms with van der Waals surface area (Å²) in [7, 11) is 0. The first-order chi connectivity index (χ1) is 6.75. The summed E-state index contributed by atoms with van der Waals surface area (Å²) in [4.78, 5) is 4.17. The van der Waals surface area contributed by atoms with E-state index >= 15 is 0 Å². The Morgan fingerprint density at radius 2 is 2.21 bits per heavy atom. The molecular weight excluding hydrogens is 198 g/mol. The van der Waals surface area contributed by atoms with Gasteiger partial charge in [-0.15, -0.1) is 0 Å². The molecule has 0 aliphatic heterocycles. The average Bonchev–Trinajstić information content (AvgIpc) is 2.56. The van der Waals surface area contributed by atoms with E-state index in [0.29, 0.717) is 5.19 Å². The van der Waals surface area contributed by atoms with Crippen LogP contribution in [0.1, 0.15) is 31.5 Å². The van der Waals surface area contributed by atoms with Crippen molar-refractivity contribution in [1.29, 1.82) is 0 Å². The molecule has 1 aliphatic rings. The van der Waals surface area contributed by atoms with Gasteiger partial charge in [-0.25, -0.2) is 0 Å². The zero-order valence-corrected chi connectivity index (χ0v) is 9.09. The quantitative estimate of drug-likeness (QED) is 0.808. The fraction of sp³-hybridized carbons (Fsp3) is 0.778. The Kier molecular flexibility index (Phi) is 2.98. The lowest BCUT2D eigenvalue weighted by molar-refractivity contribution is 0.132. The van der Waals surface area contributed by atoms with Crippen molar-refractivity contribution in [3.05, 3.63) is 5.82 Å². The van der Waals surface area contributed by atoms with Crippen LogP contribution < -0.4 is 10.5 Å². The summed E-state index contributed by atoms with van der Waals surface area (Å²) in [6, 6.07) is 0.160. The van der Waals surface area contributed by atoms with Gasteiger partial charge in [0.2, 0.25) is 0 Å². The SMILES string of the molecule is Cc1nsc(OC2CCCCC2N)n1. The molecule has 1 heterocycles. The maximum atomic E-state index is 5.97. The molecule has 0 radical (unpaired) electrons. The summed E-state index contributed by atoms with van der Waals surface area (Å²) in [5, 5.41) is 0.657. The zero-order chi connectivity index (χ0) is 9.97. The first-order valence-electron chi connectivity index (χ1n) is 4.98. The van der Waals surface area contributed by atoms with E-state index < -0.39 is 0 Å². The highest BCUT2D eigenvalue weighted by Crippen LogP contribution is 2.23. The van der Waals surface area contributed by atoms with Crippen LogP contribution in [0.3, 0.4) is 0 Å². The van der Waals surface area contributed by atoms with Gasteiger partial charge in [0.1, 0.15) is 11.9 Å². The van der Waals surface area contributed by atoms with Gasteiger partial charge in [0, 0.05) is 17.6 Å². The van der Waals surface area contributed by atoms with Gasteiger partial charge in [-0.3, -0.25) is 0 Å². The van der Waals surface area contributed by atoms with Gasteiger partial charge in [0.05, 0.1) is 0 Å². The highest BCUT2D eigenvalue weighted by atomic mass is 32.1. The highest BCUT2D eigenvalue weighted by Gasteiger charge is 2.24. The second kappa shape index (κ2) is 4.23. The Morgan fingerprint density at radius 3 is 2.86 bits per heavy atom. The fourth-order valence-electron chi connectivity index (χ4n) is 1.73. The van der Waals surface area contributed by atoms with Crippen LogP contribution in [0.2, 0.25) is 0 Å². The van der Waals surface area contributed by atoms with Gasteiger partial charge >= 0.3 is 0 Å². The average molecular weight is 213 g/mol. The third-order valence-electron chi connectivity index (χ3n) is 2.51. The molecule has 1 saturated carbocycles. The Hall–Kier alpha value is -0.680. The van der Waals surface area contributed by atoms with Crippen molar-refractivity contribution in [2.45, 2.75) is 44.8 Å². The van der Waals surface area contributed by atoms with E-state index in [1.165, 1.54) is 24.4 Å². The van der Waals surface area contributed by atoms with Gasteiger partial charge in [-0.2, -0.15) is 9.36 Å². The standard InChI is InChI=1S/C9H15N3OS/c1-6-11-9(14-12-6)13-8-5-3-2-4-7(8)10/h7-8H,2-5,10H2,1H3. The molecule has 14 heavy (non-hydrogen) atoms. The van der Waals surface area contributed by atoms with E-state index in [9.17, 15) is 0 Å². The predicted octanol–water partition coefficient (Wildman–Crippen LogP) is 1.50. The lowest BCUT2D eigenvalue weighted by atomic mass is 9.93. The van der Waals surface area contributed by atoms with Crippen LogP contribution in [0, 0.1) is 6.92 Å². The zero-order valence-electron chi connectivity index (χ0n) is 8.27. The first-order valence-corrected chi connectivity index (χ1v) is 5.75. The van der Waals surface area contributed by atoms with Crippen LogP contribution in [0.4, 0.5) is 0 Å². The monoisotopic (exact) mass is 213 g/mol. The topological polar surface area (TPSA) is 61.0 Å². The summed E-state index contributed by atoms with van der Waals surface area (Å²) in [6.45, 7) is 1.87. The molecule has 1 aliphatic carbocycles. The third-order valence-corrected chi connectivity index (χ3v) is 3.21. The molecule has 1 aromatic heterocycles. The number of nitrogens with zero attached hydrogens (tertiary/aromatic N) is 2. The predicted molar refractivity (Wildman–Crippen MR) is 55.5 cm³/mol. The lowest BCUT2D eigenvalue weighted by Gasteiger charge is -2.27. The van der Waals surface area contributed by atoms with E-state index in [0.717, 1.165) is 18.7 Å². The number of hydrogen-bond donors (Lipinski definition) is 1. The molecule has 5 heteroatoms. The Morgan fingerprint density at radius 1 is 1.43 bits per heavy atom. The van der Waals surface area contributed by atoms with Crippen molar-refractivity contribution in [1.82, 2.24) is 9.36 Å². The maximum absolute atomic E-state index is 5.97. The number of rotatable bonds is 2. The molecule has 1 fully saturated rings. The van der Waals surface area contributed by atoms with Crippen LogP contribution >= 0.6 is 11.5 Å². The van der Waals surface area contributed by atoms with E-state index in [1.54, 1.807) is 0 Å². The molecule has 2 unspecified atom stereocenters. The van der Waals surface area contributed by atoms with Gasteiger partial charge in [0.15, 0.2) is 0 Å². The third kappa shape index (κ3) is 2.22. The molecule has 2 atom stereocenters. The first kappa shape index (κ1) is 9.86. The molecule has 2 rings (SSSR count). The van der Waals surface area contributed by atoms with Crippen LogP contribution in [0.25, 0.3) is 0 Å². The van der Waals surface area contributed by atoms with Crippen LogP contribution in [-0.2, 0) is 0 Å². The Bertz CT molecular complexity index is 302. The van der Waals surface area contributed by atoms with Crippen LogP contribution in [0.15, 0.2) is 0 Å². The van der Waals surface area contributed by atoms with Gasteiger partial charge in [-0.05, 0) is 26.2 Å². The minimum atomic E-state index is 0.135. The molecule has 0 bridgehead atoms. The van der Waals surface area contributed by atoms with Crippen molar-refractivity contribution in [2.75, 3.05) is 0 Å². The number of aromatic nitrogens is 2. The van der Waals surface area contributed by atoms with Gasteiger partial charge < -0.3 is 10.5 Å². The summed E-state index contributed by atoms with van der Waals surface area (Å²) in [5.41, 5.74) is 5.97. The summed E-state index contributed by atoms with van der Waals surface area (Å²) in [5.74, 6) is 0.773. The fourth-order valence-corrected chi connectivity index (χ4v) is 2.32. The lowest BCUT2D eigenvalue weighted by Crippen LogP contribution is -2.41. The Labute approximate surface area is 87.7 Å². The summed E-state index contributed by atoms with van der Waals surface area (Å²) in [6.07, 6.45) is 4.66. The molecule has 1 aromatic rings. The number of nitrogens with two attached hydrogens (primary N) is 1. The van der Waals surface area contributed by atoms with E-state index in [4.69, 9.17) is 10.5 Å². The molecule has 0 spiro atoms. The summed E-state index contributed by atoms with van der Waals surface area (Å²) >= 11 is 1.31. The van der Waals surface area contributed by atoms with Crippen LogP contribution in [-0.4, -0.2) is 21.5 Å². The van der Waals surface area contributed by atoms with Crippen LogP contribution in [0.5, 0.6) is 5.19 Å². The smallest absolute Gasteiger partial charge is 0.293 e. The maximum Gasteiger partial charge on any atom is 0.293 e. The van der Waals surface area contributed by atoms with Gasteiger partial charge in [-0.1, -0.05) is 6.42 Å². The van der Waals surface area contributed by atoms with Crippen molar-refractivity contribution in [3.63, 3.8) is 0 Å². The molecule has 0 aromatic carbocycles. The molecule has 4 nitrogen and oxygen atoms in total. The highest BCUT2D eigenvalue weighted by molar-refractivity contribution is 7.07. The molecule has 78 valence electrons. The number of hydrogen-bond acceptors (Lipinski definition) is 5.